The monoisotopic (exact) mass is 350 g/mol. The second-order valence-corrected chi connectivity index (χ2v) is 5.45. The Morgan fingerprint density at radius 2 is 1.90 bits per heavy atom. The van der Waals surface area contributed by atoms with Crippen LogP contribution in [0.2, 0.25) is 0 Å². The molecule has 0 aliphatic heterocycles. The second-order valence-electron chi connectivity index (χ2n) is 4.60. The molecule has 0 aliphatic rings. The molecule has 0 amide bonds. The zero-order valence-electron chi connectivity index (χ0n) is 11.7. The van der Waals surface area contributed by atoms with Crippen molar-refractivity contribution in [1.82, 2.24) is 0 Å². The Bertz CT molecular complexity index is 644. The first-order valence-corrected chi connectivity index (χ1v) is 7.08. The summed E-state index contributed by atoms with van der Waals surface area (Å²) in [6.07, 6.45) is 0. The van der Waals surface area contributed by atoms with E-state index in [2.05, 4.69) is 15.9 Å². The lowest BCUT2D eigenvalue weighted by atomic mass is 10.2. The van der Waals surface area contributed by atoms with Crippen LogP contribution in [0.5, 0.6) is 5.75 Å². The van der Waals surface area contributed by atoms with Gasteiger partial charge >= 0.3 is 0 Å². The van der Waals surface area contributed by atoms with E-state index in [-0.39, 0.29) is 10.6 Å². The molecule has 0 bridgehead atoms. The van der Waals surface area contributed by atoms with Gasteiger partial charge in [-0.05, 0) is 51.8 Å². The lowest BCUT2D eigenvalue weighted by molar-refractivity contribution is -0.385. The highest BCUT2D eigenvalue weighted by Gasteiger charge is 2.13. The normalized spacial score (nSPS) is 10.2. The molecule has 0 aliphatic carbocycles. The molecule has 0 fully saturated rings. The number of rotatable bonds is 5. The molecule has 110 valence electrons. The number of nitrogens with zero attached hydrogens (tertiary/aromatic N) is 2. The first kappa shape index (κ1) is 15.3. The predicted octanol–water partition coefficient (Wildman–Crippen LogP) is 4.00. The topological polar surface area (TPSA) is 55.6 Å². The average molecular weight is 351 g/mol. The number of anilines is 1. The summed E-state index contributed by atoms with van der Waals surface area (Å²) < 4.78 is 5.61. The summed E-state index contributed by atoms with van der Waals surface area (Å²) in [4.78, 5) is 12.6. The van der Waals surface area contributed by atoms with E-state index in [1.807, 2.05) is 42.3 Å². The van der Waals surface area contributed by atoms with Gasteiger partial charge in [0.2, 0.25) is 0 Å². The number of methoxy groups -OCH3 is 1. The SMILES string of the molecule is COc1ccc(N(C)Cc2ccc(Br)c([N+](=O)[O-])c2)cc1. The quantitative estimate of drug-likeness (QED) is 0.604. The second kappa shape index (κ2) is 6.58. The molecule has 0 aromatic heterocycles. The van der Waals surface area contributed by atoms with Crippen molar-refractivity contribution in [2.75, 3.05) is 19.1 Å². The number of nitro groups is 1. The van der Waals surface area contributed by atoms with Crippen LogP contribution in [0.1, 0.15) is 5.56 Å². The Morgan fingerprint density at radius 1 is 1.24 bits per heavy atom. The highest BCUT2D eigenvalue weighted by atomic mass is 79.9. The molecule has 21 heavy (non-hydrogen) atoms. The van der Waals surface area contributed by atoms with Crippen molar-refractivity contribution in [3.8, 4) is 5.75 Å². The molecule has 2 aromatic carbocycles. The van der Waals surface area contributed by atoms with Crippen LogP contribution in [0.4, 0.5) is 11.4 Å². The van der Waals surface area contributed by atoms with Gasteiger partial charge in [0.05, 0.1) is 16.5 Å². The summed E-state index contributed by atoms with van der Waals surface area (Å²) in [5, 5.41) is 10.9. The number of halogens is 1. The minimum atomic E-state index is -0.388. The smallest absolute Gasteiger partial charge is 0.283 e. The highest BCUT2D eigenvalue weighted by Crippen LogP contribution is 2.27. The Morgan fingerprint density at radius 3 is 2.48 bits per heavy atom. The van der Waals surface area contributed by atoms with Crippen molar-refractivity contribution in [2.45, 2.75) is 6.54 Å². The van der Waals surface area contributed by atoms with Crippen LogP contribution in [0, 0.1) is 10.1 Å². The van der Waals surface area contributed by atoms with Crippen LogP contribution in [0.25, 0.3) is 0 Å². The van der Waals surface area contributed by atoms with Crippen LogP contribution in [0.3, 0.4) is 0 Å². The fourth-order valence-corrected chi connectivity index (χ4v) is 2.39. The Labute approximate surface area is 131 Å². The van der Waals surface area contributed by atoms with Crippen molar-refractivity contribution in [3.05, 3.63) is 62.6 Å². The van der Waals surface area contributed by atoms with Gasteiger partial charge < -0.3 is 9.64 Å². The highest BCUT2D eigenvalue weighted by molar-refractivity contribution is 9.10. The third kappa shape index (κ3) is 3.72. The van der Waals surface area contributed by atoms with E-state index in [0.29, 0.717) is 11.0 Å². The number of hydrogen-bond acceptors (Lipinski definition) is 4. The Balaban J connectivity index is 2.16. The Kier molecular flexibility index (Phi) is 4.80. The van der Waals surface area contributed by atoms with Gasteiger partial charge in [-0.25, -0.2) is 0 Å². The van der Waals surface area contributed by atoms with Crippen LogP contribution < -0.4 is 9.64 Å². The molecule has 0 saturated carbocycles. The molecule has 5 nitrogen and oxygen atoms in total. The van der Waals surface area contributed by atoms with Crippen molar-refractivity contribution in [2.24, 2.45) is 0 Å². The molecule has 2 aromatic rings. The van der Waals surface area contributed by atoms with Crippen molar-refractivity contribution in [1.29, 1.82) is 0 Å². The zero-order valence-corrected chi connectivity index (χ0v) is 13.3. The fourth-order valence-electron chi connectivity index (χ4n) is 2.00. The molecule has 0 radical (unpaired) electrons. The average Bonchev–Trinajstić information content (AvgIpc) is 2.49. The summed E-state index contributed by atoms with van der Waals surface area (Å²) in [7, 11) is 3.56. The summed E-state index contributed by atoms with van der Waals surface area (Å²) in [5.41, 5.74) is 1.97. The van der Waals surface area contributed by atoms with E-state index in [0.717, 1.165) is 17.0 Å². The zero-order chi connectivity index (χ0) is 15.4. The maximum Gasteiger partial charge on any atom is 0.283 e. The molecule has 0 heterocycles. The molecule has 0 atom stereocenters. The lowest BCUT2D eigenvalue weighted by Crippen LogP contribution is -2.16. The van der Waals surface area contributed by atoms with Crippen LogP contribution in [0.15, 0.2) is 46.9 Å². The van der Waals surface area contributed by atoms with Crippen molar-refractivity contribution >= 4 is 27.3 Å². The third-order valence-corrected chi connectivity index (χ3v) is 3.81. The first-order chi connectivity index (χ1) is 10.0. The van der Waals surface area contributed by atoms with Crippen molar-refractivity contribution < 1.29 is 9.66 Å². The molecule has 6 heteroatoms. The summed E-state index contributed by atoms with van der Waals surface area (Å²) in [6.45, 7) is 0.584. The fraction of sp³-hybridized carbons (Fsp3) is 0.200. The number of ether oxygens (including phenoxy) is 1. The van der Waals surface area contributed by atoms with Crippen LogP contribution in [-0.2, 0) is 6.54 Å². The maximum absolute atomic E-state index is 10.9. The first-order valence-electron chi connectivity index (χ1n) is 6.29. The summed E-state index contributed by atoms with van der Waals surface area (Å²) in [6, 6.07) is 12.8. The van der Waals surface area contributed by atoms with E-state index >= 15 is 0 Å². The third-order valence-electron chi connectivity index (χ3n) is 3.14. The minimum Gasteiger partial charge on any atom is -0.497 e. The molecule has 0 N–H and O–H groups in total. The van der Waals surface area contributed by atoms with Gasteiger partial charge in [0, 0.05) is 25.3 Å². The van der Waals surface area contributed by atoms with Gasteiger partial charge in [0.25, 0.3) is 5.69 Å². The predicted molar refractivity (Wildman–Crippen MR) is 85.9 cm³/mol. The minimum absolute atomic E-state index is 0.0793. The maximum atomic E-state index is 10.9. The van der Waals surface area contributed by atoms with E-state index < -0.39 is 0 Å². The van der Waals surface area contributed by atoms with E-state index in [1.54, 1.807) is 19.2 Å². The summed E-state index contributed by atoms with van der Waals surface area (Å²) >= 11 is 3.19. The van der Waals surface area contributed by atoms with Gasteiger partial charge in [-0.1, -0.05) is 6.07 Å². The summed E-state index contributed by atoms with van der Waals surface area (Å²) in [5.74, 6) is 0.798. The molecule has 0 spiro atoms. The molecule has 0 unspecified atom stereocenters. The van der Waals surface area contributed by atoms with Crippen LogP contribution in [-0.4, -0.2) is 19.1 Å². The van der Waals surface area contributed by atoms with Crippen molar-refractivity contribution in [3.63, 3.8) is 0 Å². The largest absolute Gasteiger partial charge is 0.497 e. The molecular weight excluding hydrogens is 336 g/mol. The number of nitro benzene ring substituents is 1. The number of hydrogen-bond donors (Lipinski definition) is 0. The molecule has 2 rings (SSSR count). The molecule has 0 saturated heterocycles. The Hall–Kier alpha value is -2.08. The van der Waals surface area contributed by atoms with Gasteiger partial charge in [-0.2, -0.15) is 0 Å². The standard InChI is InChI=1S/C15H15BrN2O3/c1-17(12-4-6-13(21-2)7-5-12)10-11-3-8-14(16)15(9-11)18(19)20/h3-9H,10H2,1-2H3. The number of benzene rings is 2. The van der Waals surface area contributed by atoms with Gasteiger partial charge in [0.15, 0.2) is 0 Å². The van der Waals surface area contributed by atoms with Gasteiger partial charge in [-0.3, -0.25) is 10.1 Å². The lowest BCUT2D eigenvalue weighted by Gasteiger charge is -2.19. The van der Waals surface area contributed by atoms with E-state index in [1.165, 1.54) is 0 Å². The van der Waals surface area contributed by atoms with Crippen LogP contribution >= 0.6 is 15.9 Å². The van der Waals surface area contributed by atoms with Gasteiger partial charge in [-0.15, -0.1) is 0 Å². The van der Waals surface area contributed by atoms with E-state index in [4.69, 9.17) is 4.74 Å². The molecular formula is C15H15BrN2O3. The van der Waals surface area contributed by atoms with Gasteiger partial charge in [0.1, 0.15) is 5.75 Å². The van der Waals surface area contributed by atoms with E-state index in [9.17, 15) is 10.1 Å².